The smallest absolute Gasteiger partial charge is 0.259 e. The van der Waals surface area contributed by atoms with Gasteiger partial charge >= 0.3 is 0 Å². The van der Waals surface area contributed by atoms with E-state index in [0.717, 1.165) is 18.5 Å². The number of rotatable bonds is 3. The molecule has 0 unspecified atom stereocenters. The Morgan fingerprint density at radius 1 is 1.42 bits per heavy atom. The average Bonchev–Trinajstić information content (AvgIpc) is 3.16. The summed E-state index contributed by atoms with van der Waals surface area (Å²) in [4.78, 5) is 12.0. The molecule has 0 radical (unpaired) electrons. The molecule has 0 bridgehead atoms. The first-order chi connectivity index (χ1) is 9.15. The van der Waals surface area contributed by atoms with Gasteiger partial charge in [0.05, 0.1) is 11.3 Å². The van der Waals surface area contributed by atoms with Gasteiger partial charge in [-0.25, -0.2) is 4.39 Å². The van der Waals surface area contributed by atoms with Gasteiger partial charge in [-0.15, -0.1) is 0 Å². The largest absolute Gasteiger partial charge is 0.307 e. The summed E-state index contributed by atoms with van der Waals surface area (Å²) in [6.07, 6.45) is 2.30. The van der Waals surface area contributed by atoms with Crippen molar-refractivity contribution in [2.75, 3.05) is 5.32 Å². The van der Waals surface area contributed by atoms with Crippen LogP contribution in [-0.4, -0.2) is 15.7 Å². The van der Waals surface area contributed by atoms with E-state index in [-0.39, 0.29) is 5.56 Å². The topological polar surface area (TPSA) is 46.9 Å². The molecule has 1 aliphatic rings. The van der Waals surface area contributed by atoms with E-state index in [2.05, 4.69) is 10.4 Å². The Bertz CT molecular complexity index is 631. The molecule has 1 aliphatic carbocycles. The highest BCUT2D eigenvalue weighted by molar-refractivity contribution is 6.04. The number of halogens is 1. The molecule has 1 aromatic carbocycles. The maximum Gasteiger partial charge on any atom is 0.259 e. The molecule has 1 fully saturated rings. The van der Waals surface area contributed by atoms with Crippen molar-refractivity contribution in [1.29, 1.82) is 0 Å². The molecule has 2 aromatic rings. The van der Waals surface area contributed by atoms with Gasteiger partial charge < -0.3 is 5.32 Å². The Hall–Kier alpha value is -2.17. The molecular weight excluding hydrogens is 245 g/mol. The number of hydrogen-bond acceptors (Lipinski definition) is 2. The van der Waals surface area contributed by atoms with Crippen LogP contribution in [0.1, 0.15) is 34.8 Å². The van der Waals surface area contributed by atoms with Gasteiger partial charge in [0, 0.05) is 19.0 Å². The lowest BCUT2D eigenvalue weighted by molar-refractivity contribution is 0.102. The molecule has 0 aliphatic heterocycles. The van der Waals surface area contributed by atoms with Gasteiger partial charge in [-0.3, -0.25) is 9.48 Å². The normalized spacial score (nSPS) is 14.4. The van der Waals surface area contributed by atoms with E-state index in [1.54, 1.807) is 23.9 Å². The van der Waals surface area contributed by atoms with Gasteiger partial charge in [-0.05, 0) is 25.0 Å². The van der Waals surface area contributed by atoms with E-state index in [9.17, 15) is 9.18 Å². The van der Waals surface area contributed by atoms with Crippen LogP contribution in [0.25, 0.3) is 0 Å². The van der Waals surface area contributed by atoms with E-state index in [1.807, 2.05) is 6.07 Å². The lowest BCUT2D eigenvalue weighted by Gasteiger charge is -2.05. The number of benzene rings is 1. The minimum absolute atomic E-state index is 0.0386. The third kappa shape index (κ3) is 2.36. The van der Waals surface area contributed by atoms with Crippen molar-refractivity contribution in [1.82, 2.24) is 9.78 Å². The first-order valence-corrected chi connectivity index (χ1v) is 6.25. The van der Waals surface area contributed by atoms with E-state index in [1.165, 1.54) is 12.1 Å². The Labute approximate surface area is 110 Å². The summed E-state index contributed by atoms with van der Waals surface area (Å²) in [7, 11) is 1.77. The van der Waals surface area contributed by atoms with Crippen LogP contribution in [0.2, 0.25) is 0 Å². The zero-order valence-corrected chi connectivity index (χ0v) is 10.6. The van der Waals surface area contributed by atoms with Crippen molar-refractivity contribution in [3.8, 4) is 0 Å². The molecule has 4 nitrogen and oxygen atoms in total. The summed E-state index contributed by atoms with van der Waals surface area (Å²) in [6, 6.07) is 7.78. The van der Waals surface area contributed by atoms with Gasteiger partial charge in [-0.1, -0.05) is 12.1 Å². The Balaban J connectivity index is 1.81. The molecule has 0 spiro atoms. The lowest BCUT2D eigenvalue weighted by Crippen LogP contribution is -2.15. The number of aryl methyl sites for hydroxylation is 1. The van der Waals surface area contributed by atoms with Crippen LogP contribution in [0, 0.1) is 5.82 Å². The molecular formula is C14H14FN3O. The molecule has 1 heterocycles. The number of carbonyl (C=O) groups is 1. The van der Waals surface area contributed by atoms with Crippen LogP contribution in [0.5, 0.6) is 0 Å². The third-order valence-corrected chi connectivity index (χ3v) is 3.25. The minimum Gasteiger partial charge on any atom is -0.307 e. The monoisotopic (exact) mass is 259 g/mol. The Kier molecular flexibility index (Phi) is 2.81. The fourth-order valence-corrected chi connectivity index (χ4v) is 2.01. The molecule has 1 N–H and O–H groups in total. The predicted octanol–water partition coefficient (Wildman–Crippen LogP) is 2.69. The quantitative estimate of drug-likeness (QED) is 0.921. The molecule has 5 heteroatoms. The van der Waals surface area contributed by atoms with E-state index < -0.39 is 11.7 Å². The summed E-state index contributed by atoms with van der Waals surface area (Å²) in [5.74, 6) is 0.133. The first-order valence-electron chi connectivity index (χ1n) is 6.25. The van der Waals surface area contributed by atoms with Crippen LogP contribution in [0.15, 0.2) is 30.3 Å². The number of carbonyl (C=O) groups excluding carboxylic acids is 1. The highest BCUT2D eigenvalue weighted by atomic mass is 19.1. The second-order valence-corrected chi connectivity index (χ2v) is 4.79. The number of hydrogen-bond donors (Lipinski definition) is 1. The van der Waals surface area contributed by atoms with Crippen LogP contribution in [-0.2, 0) is 7.05 Å². The molecule has 0 atom stereocenters. The minimum atomic E-state index is -0.524. The van der Waals surface area contributed by atoms with E-state index in [4.69, 9.17) is 0 Å². The van der Waals surface area contributed by atoms with Crippen molar-refractivity contribution in [2.45, 2.75) is 18.8 Å². The average molecular weight is 259 g/mol. The summed E-state index contributed by atoms with van der Waals surface area (Å²) in [5.41, 5.74) is 1.03. The molecule has 1 amide bonds. The molecule has 3 rings (SSSR count). The Morgan fingerprint density at radius 2 is 2.16 bits per heavy atom. The molecule has 98 valence electrons. The number of amides is 1. The number of anilines is 1. The summed E-state index contributed by atoms with van der Waals surface area (Å²) in [6.45, 7) is 0. The molecule has 1 saturated carbocycles. The zero-order chi connectivity index (χ0) is 13.4. The van der Waals surface area contributed by atoms with Crippen LogP contribution in [0.4, 0.5) is 10.2 Å². The summed E-state index contributed by atoms with van der Waals surface area (Å²) < 4.78 is 15.1. The van der Waals surface area contributed by atoms with Crippen molar-refractivity contribution < 1.29 is 9.18 Å². The maximum atomic E-state index is 13.5. The Morgan fingerprint density at radius 3 is 2.84 bits per heavy atom. The zero-order valence-electron chi connectivity index (χ0n) is 10.6. The summed E-state index contributed by atoms with van der Waals surface area (Å²) in [5, 5.41) is 7.04. The van der Waals surface area contributed by atoms with Gasteiger partial charge in [0.25, 0.3) is 5.91 Å². The predicted molar refractivity (Wildman–Crippen MR) is 69.5 cm³/mol. The fourth-order valence-electron chi connectivity index (χ4n) is 2.01. The highest BCUT2D eigenvalue weighted by Crippen LogP contribution is 2.39. The highest BCUT2D eigenvalue weighted by Gasteiger charge is 2.27. The first kappa shape index (κ1) is 11.9. The SMILES string of the molecule is Cn1nc(C2CC2)cc1NC(=O)c1ccccc1F. The maximum absolute atomic E-state index is 13.5. The van der Waals surface area contributed by atoms with Gasteiger partial charge in [0.1, 0.15) is 11.6 Å². The molecule has 0 saturated heterocycles. The van der Waals surface area contributed by atoms with Crippen molar-refractivity contribution >= 4 is 11.7 Å². The second-order valence-electron chi connectivity index (χ2n) is 4.79. The molecule has 19 heavy (non-hydrogen) atoms. The van der Waals surface area contributed by atoms with E-state index in [0.29, 0.717) is 11.7 Å². The van der Waals surface area contributed by atoms with Gasteiger partial charge in [0.2, 0.25) is 0 Å². The molecule has 1 aromatic heterocycles. The summed E-state index contributed by atoms with van der Waals surface area (Å²) >= 11 is 0. The lowest BCUT2D eigenvalue weighted by atomic mass is 10.2. The van der Waals surface area contributed by atoms with Crippen molar-refractivity contribution in [3.05, 3.63) is 47.4 Å². The number of nitrogens with one attached hydrogen (secondary N) is 1. The number of aromatic nitrogens is 2. The number of nitrogens with zero attached hydrogens (tertiary/aromatic N) is 2. The second kappa shape index (κ2) is 4.50. The van der Waals surface area contributed by atoms with Crippen LogP contribution < -0.4 is 5.32 Å². The van der Waals surface area contributed by atoms with Crippen LogP contribution in [0.3, 0.4) is 0 Å². The van der Waals surface area contributed by atoms with Crippen molar-refractivity contribution in [2.24, 2.45) is 7.05 Å². The van der Waals surface area contributed by atoms with E-state index >= 15 is 0 Å². The standard InChI is InChI=1S/C14H14FN3O/c1-18-13(8-12(17-18)9-6-7-9)16-14(19)10-4-2-3-5-11(10)15/h2-5,8-9H,6-7H2,1H3,(H,16,19). The van der Waals surface area contributed by atoms with Gasteiger partial charge in [0.15, 0.2) is 0 Å². The van der Waals surface area contributed by atoms with Gasteiger partial charge in [-0.2, -0.15) is 5.10 Å². The third-order valence-electron chi connectivity index (χ3n) is 3.25. The van der Waals surface area contributed by atoms with Crippen molar-refractivity contribution in [3.63, 3.8) is 0 Å². The fraction of sp³-hybridized carbons (Fsp3) is 0.286. The van der Waals surface area contributed by atoms with Crippen LogP contribution >= 0.6 is 0 Å².